The Balaban J connectivity index is 1.73. The first-order chi connectivity index (χ1) is 13.1. The third-order valence-electron chi connectivity index (χ3n) is 4.28. The zero-order chi connectivity index (χ0) is 19.2. The van der Waals surface area contributed by atoms with Gasteiger partial charge in [-0.25, -0.2) is 0 Å². The Morgan fingerprint density at radius 3 is 2.37 bits per heavy atom. The zero-order valence-electron chi connectivity index (χ0n) is 15.4. The van der Waals surface area contributed by atoms with E-state index in [1.807, 2.05) is 68.4 Å². The van der Waals surface area contributed by atoms with E-state index in [0.717, 1.165) is 16.9 Å². The van der Waals surface area contributed by atoms with Crippen molar-refractivity contribution in [1.82, 2.24) is 10.3 Å². The van der Waals surface area contributed by atoms with Gasteiger partial charge in [-0.2, -0.15) is 0 Å². The first kappa shape index (κ1) is 18.5. The first-order valence-electron chi connectivity index (χ1n) is 8.91. The average molecular weight is 362 g/mol. The van der Waals surface area contributed by atoms with Crippen molar-refractivity contribution in [3.8, 4) is 17.0 Å². The highest BCUT2D eigenvalue weighted by Crippen LogP contribution is 2.18. The van der Waals surface area contributed by atoms with Gasteiger partial charge in [-0.05, 0) is 49.2 Å². The maximum Gasteiger partial charge on any atom is 0.261 e. The van der Waals surface area contributed by atoms with E-state index in [0.29, 0.717) is 12.3 Å². The molecule has 1 unspecified atom stereocenters. The second kappa shape index (κ2) is 8.36. The van der Waals surface area contributed by atoms with Gasteiger partial charge in [0.05, 0.1) is 12.6 Å². The number of aromatic amines is 1. The lowest BCUT2D eigenvalue weighted by Crippen LogP contribution is -2.31. The van der Waals surface area contributed by atoms with Crippen LogP contribution in [0.5, 0.6) is 5.75 Å². The summed E-state index contributed by atoms with van der Waals surface area (Å²) in [5, 5.41) is 2.86. The summed E-state index contributed by atoms with van der Waals surface area (Å²) in [5.74, 6) is 0.380. The van der Waals surface area contributed by atoms with Crippen LogP contribution < -0.4 is 15.6 Å². The van der Waals surface area contributed by atoms with Crippen LogP contribution in [0.15, 0.2) is 71.5 Å². The smallest absolute Gasteiger partial charge is 0.261 e. The zero-order valence-corrected chi connectivity index (χ0v) is 15.4. The fourth-order valence-corrected chi connectivity index (χ4v) is 2.82. The van der Waals surface area contributed by atoms with Gasteiger partial charge >= 0.3 is 0 Å². The van der Waals surface area contributed by atoms with Gasteiger partial charge in [0, 0.05) is 5.69 Å². The van der Waals surface area contributed by atoms with Crippen molar-refractivity contribution in [1.29, 1.82) is 0 Å². The minimum atomic E-state index is -0.409. The summed E-state index contributed by atoms with van der Waals surface area (Å²) in [6.45, 7) is 4.41. The maximum atomic E-state index is 12.5. The van der Waals surface area contributed by atoms with E-state index in [4.69, 9.17) is 4.74 Å². The van der Waals surface area contributed by atoms with E-state index >= 15 is 0 Å². The number of nitrogens with one attached hydrogen (secondary N) is 2. The van der Waals surface area contributed by atoms with Crippen LogP contribution in [0.25, 0.3) is 11.3 Å². The summed E-state index contributed by atoms with van der Waals surface area (Å²) in [6, 6.07) is 20.1. The van der Waals surface area contributed by atoms with Crippen molar-refractivity contribution in [2.75, 3.05) is 6.61 Å². The molecule has 0 aliphatic heterocycles. The van der Waals surface area contributed by atoms with E-state index in [-0.39, 0.29) is 11.6 Å². The molecular formula is C22H22N2O3. The van der Waals surface area contributed by atoms with Crippen molar-refractivity contribution < 1.29 is 9.53 Å². The van der Waals surface area contributed by atoms with Crippen molar-refractivity contribution in [3.05, 3.63) is 88.2 Å². The van der Waals surface area contributed by atoms with Gasteiger partial charge in [0.25, 0.3) is 11.5 Å². The van der Waals surface area contributed by atoms with Gasteiger partial charge in [0.1, 0.15) is 11.3 Å². The molecule has 1 amide bonds. The molecule has 2 N–H and O–H groups in total. The second-order valence-electron chi connectivity index (χ2n) is 6.18. The molecule has 5 heteroatoms. The number of pyridine rings is 1. The van der Waals surface area contributed by atoms with Crippen molar-refractivity contribution >= 4 is 5.91 Å². The number of carbonyl (C=O) groups excluding carboxylic acids is 1. The lowest BCUT2D eigenvalue weighted by atomic mass is 10.1. The normalized spacial score (nSPS) is 11.6. The Hall–Kier alpha value is -3.34. The summed E-state index contributed by atoms with van der Waals surface area (Å²) >= 11 is 0. The molecule has 1 aromatic heterocycles. The third kappa shape index (κ3) is 4.44. The molecule has 2 aromatic carbocycles. The molecule has 3 rings (SSSR count). The number of benzene rings is 2. The third-order valence-corrected chi connectivity index (χ3v) is 4.28. The predicted octanol–water partition coefficient (Wildman–Crippen LogP) is 3.93. The molecule has 27 heavy (non-hydrogen) atoms. The van der Waals surface area contributed by atoms with E-state index in [1.165, 1.54) is 0 Å². The fraction of sp³-hybridized carbons (Fsp3) is 0.182. The Kier molecular flexibility index (Phi) is 5.71. The monoisotopic (exact) mass is 362 g/mol. The average Bonchev–Trinajstić information content (AvgIpc) is 2.69. The minimum absolute atomic E-state index is 0.0902. The van der Waals surface area contributed by atoms with Gasteiger partial charge < -0.3 is 15.0 Å². The minimum Gasteiger partial charge on any atom is -0.494 e. The lowest BCUT2D eigenvalue weighted by Gasteiger charge is -2.15. The molecule has 0 saturated heterocycles. The molecule has 3 aromatic rings. The quantitative estimate of drug-likeness (QED) is 0.698. The molecule has 0 aliphatic rings. The molecular weight excluding hydrogens is 340 g/mol. The fourth-order valence-electron chi connectivity index (χ4n) is 2.82. The highest BCUT2D eigenvalue weighted by atomic mass is 16.5. The van der Waals surface area contributed by atoms with Crippen molar-refractivity contribution in [3.63, 3.8) is 0 Å². The predicted molar refractivity (Wildman–Crippen MR) is 106 cm³/mol. The summed E-state index contributed by atoms with van der Waals surface area (Å²) in [6.07, 6.45) is 0. The Morgan fingerprint density at radius 1 is 1.04 bits per heavy atom. The van der Waals surface area contributed by atoms with Crippen LogP contribution in [0.4, 0.5) is 0 Å². The molecule has 0 radical (unpaired) electrons. The molecule has 0 aliphatic carbocycles. The Labute approximate surface area is 158 Å². The number of aromatic nitrogens is 1. The highest BCUT2D eigenvalue weighted by molar-refractivity contribution is 5.94. The van der Waals surface area contributed by atoms with Crippen LogP contribution in [0.2, 0.25) is 0 Å². The molecule has 138 valence electrons. The van der Waals surface area contributed by atoms with Crippen molar-refractivity contribution in [2.45, 2.75) is 19.9 Å². The van der Waals surface area contributed by atoms with E-state index in [9.17, 15) is 9.59 Å². The molecule has 1 atom stereocenters. The van der Waals surface area contributed by atoms with Gasteiger partial charge in [-0.1, -0.05) is 42.5 Å². The Morgan fingerprint density at radius 2 is 1.74 bits per heavy atom. The summed E-state index contributed by atoms with van der Waals surface area (Å²) < 4.78 is 5.42. The maximum absolute atomic E-state index is 12.5. The summed E-state index contributed by atoms with van der Waals surface area (Å²) in [7, 11) is 0. The van der Waals surface area contributed by atoms with Gasteiger partial charge in [0.2, 0.25) is 0 Å². The first-order valence-corrected chi connectivity index (χ1v) is 8.91. The number of rotatable bonds is 6. The van der Waals surface area contributed by atoms with Crippen LogP contribution in [0.1, 0.15) is 35.8 Å². The number of carbonyl (C=O) groups is 1. The summed E-state index contributed by atoms with van der Waals surface area (Å²) in [5.41, 5.74) is 2.19. The number of ether oxygens (including phenoxy) is 1. The molecule has 0 fully saturated rings. The Bertz CT molecular complexity index is 963. The van der Waals surface area contributed by atoms with E-state index < -0.39 is 11.5 Å². The highest BCUT2D eigenvalue weighted by Gasteiger charge is 2.15. The number of hydrogen-bond donors (Lipinski definition) is 2. The SMILES string of the molecule is CCOc1ccc(C(C)NC(=O)c2ccc(-c3ccccc3)[nH]c2=O)cc1. The van der Waals surface area contributed by atoms with E-state index in [1.54, 1.807) is 12.1 Å². The molecule has 1 heterocycles. The van der Waals surface area contributed by atoms with Gasteiger partial charge in [0.15, 0.2) is 0 Å². The van der Waals surface area contributed by atoms with Crippen molar-refractivity contribution in [2.24, 2.45) is 0 Å². The standard InChI is InChI=1S/C22H22N2O3/c1-3-27-18-11-9-16(10-12-18)15(2)23-21(25)19-13-14-20(24-22(19)26)17-7-5-4-6-8-17/h4-15H,3H2,1-2H3,(H,23,25)(H,24,26). The summed E-state index contributed by atoms with van der Waals surface area (Å²) in [4.78, 5) is 27.6. The largest absolute Gasteiger partial charge is 0.494 e. The van der Waals surface area contributed by atoms with Crippen LogP contribution in [0, 0.1) is 0 Å². The number of H-pyrrole nitrogens is 1. The number of hydrogen-bond acceptors (Lipinski definition) is 3. The lowest BCUT2D eigenvalue weighted by molar-refractivity contribution is 0.0938. The number of amides is 1. The second-order valence-corrected chi connectivity index (χ2v) is 6.18. The van der Waals surface area contributed by atoms with Gasteiger partial charge in [-0.15, -0.1) is 0 Å². The van der Waals surface area contributed by atoms with Crippen LogP contribution in [-0.2, 0) is 0 Å². The van der Waals surface area contributed by atoms with Crippen LogP contribution in [0.3, 0.4) is 0 Å². The van der Waals surface area contributed by atoms with Gasteiger partial charge in [-0.3, -0.25) is 9.59 Å². The molecule has 0 spiro atoms. The topological polar surface area (TPSA) is 71.2 Å². The van der Waals surface area contributed by atoms with Crippen LogP contribution in [-0.4, -0.2) is 17.5 Å². The molecule has 0 saturated carbocycles. The molecule has 0 bridgehead atoms. The van der Waals surface area contributed by atoms with E-state index in [2.05, 4.69) is 10.3 Å². The molecule has 5 nitrogen and oxygen atoms in total. The van der Waals surface area contributed by atoms with Crippen LogP contribution >= 0.6 is 0 Å².